The van der Waals surface area contributed by atoms with Crippen LogP contribution in [0.5, 0.6) is 5.75 Å². The standard InChI is InChI=1S/C17H22ClN3O2S/c1-3-4-5-14(22)20-8-10-21(11-9-20)17-19-15-13(24-17)7-6-12(18)16(15)23-2/h6-7H,3-5,8-11H2,1-2H3. The van der Waals surface area contributed by atoms with Crippen molar-refractivity contribution in [2.45, 2.75) is 26.2 Å². The molecule has 130 valence electrons. The quantitative estimate of drug-likeness (QED) is 0.806. The van der Waals surface area contributed by atoms with Crippen molar-refractivity contribution in [2.75, 3.05) is 38.2 Å². The van der Waals surface area contributed by atoms with Gasteiger partial charge >= 0.3 is 0 Å². The Morgan fingerprint density at radius 2 is 2.08 bits per heavy atom. The topological polar surface area (TPSA) is 45.7 Å². The van der Waals surface area contributed by atoms with Gasteiger partial charge in [0.05, 0.1) is 16.8 Å². The van der Waals surface area contributed by atoms with E-state index in [0.717, 1.165) is 54.4 Å². The molecule has 1 aliphatic heterocycles. The first-order valence-corrected chi connectivity index (χ1v) is 9.49. The van der Waals surface area contributed by atoms with Crippen LogP contribution in [-0.4, -0.2) is 49.1 Å². The summed E-state index contributed by atoms with van der Waals surface area (Å²) in [6.45, 7) is 5.26. The highest BCUT2D eigenvalue weighted by atomic mass is 35.5. The van der Waals surface area contributed by atoms with Crippen LogP contribution in [0.3, 0.4) is 0 Å². The van der Waals surface area contributed by atoms with Gasteiger partial charge in [-0.25, -0.2) is 4.98 Å². The van der Waals surface area contributed by atoms with Crippen LogP contribution in [0.4, 0.5) is 5.13 Å². The summed E-state index contributed by atoms with van der Waals surface area (Å²) >= 11 is 7.81. The maximum atomic E-state index is 12.1. The van der Waals surface area contributed by atoms with Crippen molar-refractivity contribution in [3.63, 3.8) is 0 Å². The third-order valence-electron chi connectivity index (χ3n) is 4.31. The van der Waals surface area contributed by atoms with Gasteiger partial charge in [-0.15, -0.1) is 0 Å². The minimum absolute atomic E-state index is 0.272. The molecule has 24 heavy (non-hydrogen) atoms. The molecule has 0 unspecified atom stereocenters. The van der Waals surface area contributed by atoms with E-state index in [1.165, 1.54) is 0 Å². The molecule has 0 spiro atoms. The van der Waals surface area contributed by atoms with Crippen molar-refractivity contribution in [1.82, 2.24) is 9.88 Å². The van der Waals surface area contributed by atoms with Crippen LogP contribution in [0.1, 0.15) is 26.2 Å². The summed E-state index contributed by atoms with van der Waals surface area (Å²) in [6.07, 6.45) is 2.69. The number of hydrogen-bond acceptors (Lipinski definition) is 5. The van der Waals surface area contributed by atoms with E-state index in [4.69, 9.17) is 21.3 Å². The third-order valence-corrected chi connectivity index (χ3v) is 5.69. The van der Waals surface area contributed by atoms with Crippen LogP contribution in [-0.2, 0) is 4.79 Å². The molecule has 7 heteroatoms. The van der Waals surface area contributed by atoms with Crippen LogP contribution in [0.15, 0.2) is 12.1 Å². The van der Waals surface area contributed by atoms with Gasteiger partial charge in [0.2, 0.25) is 5.91 Å². The molecule has 2 heterocycles. The lowest BCUT2D eigenvalue weighted by Gasteiger charge is -2.34. The zero-order valence-electron chi connectivity index (χ0n) is 14.0. The van der Waals surface area contributed by atoms with E-state index in [9.17, 15) is 4.79 Å². The SMILES string of the molecule is CCCCC(=O)N1CCN(c2nc3c(OC)c(Cl)ccc3s2)CC1. The van der Waals surface area contributed by atoms with Crippen molar-refractivity contribution < 1.29 is 9.53 Å². The molecule has 0 radical (unpaired) electrons. The molecule has 0 aliphatic carbocycles. The Morgan fingerprint density at radius 1 is 1.33 bits per heavy atom. The number of fused-ring (bicyclic) bond motifs is 1. The first-order chi connectivity index (χ1) is 11.6. The molecule has 5 nitrogen and oxygen atoms in total. The van der Waals surface area contributed by atoms with E-state index in [1.807, 2.05) is 17.0 Å². The number of hydrogen-bond donors (Lipinski definition) is 0. The second-order valence-corrected chi connectivity index (χ2v) is 7.31. The monoisotopic (exact) mass is 367 g/mol. The number of ether oxygens (including phenoxy) is 1. The number of methoxy groups -OCH3 is 1. The fourth-order valence-electron chi connectivity index (χ4n) is 2.90. The fraction of sp³-hybridized carbons (Fsp3) is 0.529. The molecule has 1 aliphatic rings. The average molecular weight is 368 g/mol. The van der Waals surface area contributed by atoms with E-state index in [1.54, 1.807) is 18.4 Å². The number of nitrogens with zero attached hydrogens (tertiary/aromatic N) is 3. The summed E-state index contributed by atoms with van der Waals surface area (Å²) < 4.78 is 6.45. The molecule has 0 N–H and O–H groups in total. The summed E-state index contributed by atoms with van der Waals surface area (Å²) in [5.74, 6) is 0.902. The van der Waals surface area contributed by atoms with Crippen LogP contribution in [0.2, 0.25) is 5.02 Å². The van der Waals surface area contributed by atoms with Gasteiger partial charge in [0.1, 0.15) is 5.52 Å². The lowest BCUT2D eigenvalue weighted by atomic mass is 10.2. The lowest BCUT2D eigenvalue weighted by molar-refractivity contribution is -0.131. The smallest absolute Gasteiger partial charge is 0.222 e. The number of piperazine rings is 1. The molecule has 1 amide bonds. The Kier molecular flexibility index (Phi) is 5.46. The Hall–Kier alpha value is -1.53. The number of unbranched alkanes of at least 4 members (excludes halogenated alkanes) is 1. The Bertz CT molecular complexity index is 726. The van der Waals surface area contributed by atoms with Crippen molar-refractivity contribution in [1.29, 1.82) is 0 Å². The van der Waals surface area contributed by atoms with Crippen LogP contribution in [0, 0.1) is 0 Å². The number of amides is 1. The number of halogens is 1. The summed E-state index contributed by atoms with van der Waals surface area (Å²) in [7, 11) is 1.61. The predicted molar refractivity (Wildman–Crippen MR) is 99.5 cm³/mol. The number of rotatable bonds is 5. The van der Waals surface area contributed by atoms with Crippen LogP contribution < -0.4 is 9.64 Å². The van der Waals surface area contributed by atoms with Gasteiger partial charge in [-0.1, -0.05) is 36.3 Å². The number of anilines is 1. The van der Waals surface area contributed by atoms with Crippen molar-refractivity contribution in [2.24, 2.45) is 0 Å². The van der Waals surface area contributed by atoms with Crippen LogP contribution in [0.25, 0.3) is 10.2 Å². The summed E-state index contributed by atoms with van der Waals surface area (Å²) in [5, 5.41) is 1.54. The van der Waals surface area contributed by atoms with Crippen molar-refractivity contribution >= 4 is 44.2 Å². The average Bonchev–Trinajstić information content (AvgIpc) is 3.04. The minimum atomic E-state index is 0.272. The molecule has 0 atom stereocenters. The van der Waals surface area contributed by atoms with Gasteiger partial charge in [0, 0.05) is 32.6 Å². The zero-order valence-corrected chi connectivity index (χ0v) is 15.6. The zero-order chi connectivity index (χ0) is 17.1. The van der Waals surface area contributed by atoms with Gasteiger partial charge < -0.3 is 14.5 Å². The molecule has 1 fully saturated rings. The van der Waals surface area contributed by atoms with Gasteiger partial charge in [0.25, 0.3) is 0 Å². The highest BCUT2D eigenvalue weighted by molar-refractivity contribution is 7.22. The first-order valence-electron chi connectivity index (χ1n) is 8.29. The minimum Gasteiger partial charge on any atom is -0.493 e. The van der Waals surface area contributed by atoms with Crippen molar-refractivity contribution in [3.8, 4) is 5.75 Å². The second kappa shape index (κ2) is 7.57. The molecule has 1 saturated heterocycles. The maximum absolute atomic E-state index is 12.1. The Morgan fingerprint density at radius 3 is 2.75 bits per heavy atom. The highest BCUT2D eigenvalue weighted by Gasteiger charge is 2.23. The van der Waals surface area contributed by atoms with E-state index in [-0.39, 0.29) is 5.91 Å². The van der Waals surface area contributed by atoms with E-state index < -0.39 is 0 Å². The maximum Gasteiger partial charge on any atom is 0.222 e. The molecule has 3 rings (SSSR count). The molecule has 0 bridgehead atoms. The van der Waals surface area contributed by atoms with Gasteiger partial charge in [-0.05, 0) is 18.6 Å². The fourth-order valence-corrected chi connectivity index (χ4v) is 4.14. The molecule has 0 saturated carbocycles. The van der Waals surface area contributed by atoms with E-state index >= 15 is 0 Å². The third kappa shape index (κ3) is 3.44. The van der Waals surface area contributed by atoms with Gasteiger partial charge in [-0.3, -0.25) is 4.79 Å². The second-order valence-electron chi connectivity index (χ2n) is 5.90. The van der Waals surface area contributed by atoms with E-state index in [0.29, 0.717) is 17.2 Å². The predicted octanol–water partition coefficient (Wildman–Crippen LogP) is 3.80. The lowest BCUT2D eigenvalue weighted by Crippen LogP contribution is -2.48. The first kappa shape index (κ1) is 17.3. The van der Waals surface area contributed by atoms with Gasteiger partial charge in [0.15, 0.2) is 10.9 Å². The van der Waals surface area contributed by atoms with E-state index in [2.05, 4.69) is 11.8 Å². The molecular weight excluding hydrogens is 346 g/mol. The normalized spacial score (nSPS) is 15.1. The largest absolute Gasteiger partial charge is 0.493 e. The molecule has 1 aromatic heterocycles. The number of aromatic nitrogens is 1. The summed E-state index contributed by atoms with van der Waals surface area (Å²) in [4.78, 5) is 21.1. The highest BCUT2D eigenvalue weighted by Crippen LogP contribution is 2.38. The molecule has 2 aromatic rings. The summed E-state index contributed by atoms with van der Waals surface area (Å²) in [6, 6.07) is 3.82. The number of carbonyl (C=O) groups is 1. The van der Waals surface area contributed by atoms with Crippen molar-refractivity contribution in [3.05, 3.63) is 17.2 Å². The van der Waals surface area contributed by atoms with Gasteiger partial charge in [-0.2, -0.15) is 0 Å². The number of benzene rings is 1. The molecule has 1 aromatic carbocycles. The Balaban J connectivity index is 1.71. The molecular formula is C17H22ClN3O2S. The summed E-state index contributed by atoms with van der Waals surface area (Å²) in [5.41, 5.74) is 0.812. The number of carbonyl (C=O) groups excluding carboxylic acids is 1. The van der Waals surface area contributed by atoms with Crippen LogP contribution >= 0.6 is 22.9 Å². The number of thiazole rings is 1. The Labute approximate surface area is 151 Å².